The van der Waals surface area contributed by atoms with Gasteiger partial charge in [-0.05, 0) is 103 Å². The molecule has 0 aliphatic carbocycles. The maximum Gasteiger partial charge on any atom is 0.173 e. The Labute approximate surface area is 589 Å². The largest absolute Gasteiger partial charge is 0.495 e. The molecular weight excluding hydrogens is 1370 g/mol. The summed E-state index contributed by atoms with van der Waals surface area (Å²) in [7, 11) is 6.75. The quantitative estimate of drug-likeness (QED) is 0.0338. The summed E-state index contributed by atoms with van der Waals surface area (Å²) in [5.74, 6) is 6.64. The molecule has 26 nitrogen and oxygen atoms in total. The second-order valence-electron chi connectivity index (χ2n) is 20.4. The molecule has 0 saturated carbocycles. The molecule has 0 unspecified atom stereocenters. The van der Waals surface area contributed by atoms with Gasteiger partial charge in [0.1, 0.15) is 47.1 Å². The normalized spacial score (nSPS) is 11.4. The van der Waals surface area contributed by atoms with E-state index in [1.807, 2.05) is 98.0 Å². The minimum Gasteiger partial charge on any atom is -0.495 e. The van der Waals surface area contributed by atoms with Crippen molar-refractivity contribution in [3.63, 3.8) is 0 Å². The van der Waals surface area contributed by atoms with Crippen LogP contribution in [0.1, 0.15) is 18.1 Å². The number of benzene rings is 6. The zero-order valence-corrected chi connectivity index (χ0v) is 57.7. The molecule has 0 amide bonds. The highest BCUT2D eigenvalue weighted by Gasteiger charge is 2.13. The zero-order valence-electron chi connectivity index (χ0n) is 53.2. The van der Waals surface area contributed by atoms with Crippen molar-refractivity contribution in [1.29, 1.82) is 0 Å². The van der Waals surface area contributed by atoms with Gasteiger partial charge in [-0.3, -0.25) is 19.8 Å². The van der Waals surface area contributed by atoms with Gasteiger partial charge in [0.05, 0.1) is 100 Å². The number of aryl methyl sites for hydroxylation is 3. The first kappa shape index (κ1) is 73.1. The van der Waals surface area contributed by atoms with Gasteiger partial charge in [-0.2, -0.15) is 20.1 Å². The number of nitrogens with one attached hydrogen (secondary N) is 10. The van der Waals surface area contributed by atoms with Crippen molar-refractivity contribution in [3.8, 4) is 17.2 Å². The molecular formula is C65H71Cl6N21O5. The number of hydrogen-bond acceptors (Lipinski definition) is 20. The van der Waals surface area contributed by atoms with E-state index in [0.29, 0.717) is 60.6 Å². The standard InChI is InChI=1S/C15H20ClN5O2.C11H12ClN3.C10H11ClN4O.2C10H10ClN3O.C9H8ClN3/c1-20-11-15(18-19-20)17-13-3-2-12(16)10-14(13)23-9-6-21-4-7-22-8-5-21;1-2-8-7-9(3-4-10(8)12)14-11-5-6-13-15-11;1-15-12-6-10(14-15)13-8-4-3-7(11)5-9(8)16-2;1-15-9-6-7(2-3-8(9)11)13-10-4-5-12-14-10;11-8-1-2-9(7(3-8)5-15)14-10-4-12-6-13-10;10-7-2-1-3-8(4-7)13-9-5-11-6-12-9/h2-3,10-11,17H,4-9H2,1H3;3-7H,2H2,1H3,(H2,13,14,15);3-6H,1-2H3,(H,13,14);2-6H,1H3,(H2,12,13,14);1-4,6,14-15H,5H2,(H,12,13);1-6,13H,(H,11,12). The van der Waals surface area contributed by atoms with Crippen LogP contribution in [0.25, 0.3) is 0 Å². The van der Waals surface area contributed by atoms with Gasteiger partial charge in [-0.1, -0.05) is 87.8 Å². The maximum absolute atomic E-state index is 9.15. The summed E-state index contributed by atoms with van der Waals surface area (Å²) < 4.78 is 23.2. The van der Waals surface area contributed by atoms with E-state index in [-0.39, 0.29) is 6.61 Å². The average molecular weight is 1440 g/mol. The second kappa shape index (κ2) is 38.7. The van der Waals surface area contributed by atoms with Crippen LogP contribution < -0.4 is 46.1 Å². The molecule has 11 N–H and O–H groups in total. The van der Waals surface area contributed by atoms with Gasteiger partial charge >= 0.3 is 0 Å². The number of nitrogens with zero attached hydrogens (tertiary/aromatic N) is 11. The molecule has 1 aliphatic rings. The van der Waals surface area contributed by atoms with Crippen LogP contribution in [0.2, 0.25) is 30.1 Å². The number of hydrogen-bond donors (Lipinski definition) is 11. The van der Waals surface area contributed by atoms with Crippen LogP contribution in [0.15, 0.2) is 177 Å². The van der Waals surface area contributed by atoms with Crippen molar-refractivity contribution in [1.82, 2.24) is 75.2 Å². The van der Waals surface area contributed by atoms with Crippen LogP contribution in [0.5, 0.6) is 17.2 Å². The number of aromatic amines is 4. The first-order chi connectivity index (χ1) is 47.1. The number of aliphatic hydroxyl groups is 1. The lowest BCUT2D eigenvalue weighted by molar-refractivity contribution is 0.0323. The summed E-state index contributed by atoms with van der Waals surface area (Å²) in [5, 5.41) is 61.3. The fourth-order valence-corrected chi connectivity index (χ4v) is 9.79. The fourth-order valence-electron chi connectivity index (χ4n) is 8.63. The van der Waals surface area contributed by atoms with Crippen molar-refractivity contribution < 1.29 is 24.1 Å². The number of anilines is 12. The molecule has 508 valence electrons. The molecule has 13 rings (SSSR count). The van der Waals surface area contributed by atoms with E-state index in [1.165, 1.54) is 4.80 Å². The first-order valence-electron chi connectivity index (χ1n) is 29.7. The number of H-pyrrole nitrogens is 4. The zero-order chi connectivity index (χ0) is 68.7. The summed E-state index contributed by atoms with van der Waals surface area (Å²) in [6.45, 7) is 6.95. The Morgan fingerprint density at radius 3 is 1.70 bits per heavy atom. The van der Waals surface area contributed by atoms with E-state index in [2.05, 4.69) is 105 Å². The molecule has 32 heteroatoms. The van der Waals surface area contributed by atoms with E-state index in [1.54, 1.807) is 112 Å². The number of ether oxygens (including phenoxy) is 4. The number of morpholine rings is 1. The third kappa shape index (κ3) is 24.8. The van der Waals surface area contributed by atoms with E-state index in [9.17, 15) is 0 Å². The van der Waals surface area contributed by atoms with Crippen LogP contribution in [0, 0.1) is 0 Å². The lowest BCUT2D eigenvalue weighted by atomic mass is 10.1. The van der Waals surface area contributed by atoms with E-state index < -0.39 is 0 Å². The van der Waals surface area contributed by atoms with Gasteiger partial charge in [0.15, 0.2) is 11.6 Å². The number of halogens is 6. The molecule has 0 radical (unpaired) electrons. The summed E-state index contributed by atoms with van der Waals surface area (Å²) in [5.41, 5.74) is 7.16. The Morgan fingerprint density at radius 1 is 0.557 bits per heavy atom. The highest BCUT2D eigenvalue weighted by atomic mass is 35.5. The van der Waals surface area contributed by atoms with Gasteiger partial charge in [-0.25, -0.2) is 9.97 Å². The van der Waals surface area contributed by atoms with E-state index in [4.69, 9.17) is 93.7 Å². The number of methoxy groups -OCH3 is 2. The van der Waals surface area contributed by atoms with Crippen molar-refractivity contribution in [3.05, 3.63) is 218 Å². The molecule has 1 fully saturated rings. The molecule has 1 aliphatic heterocycles. The van der Waals surface area contributed by atoms with E-state index in [0.717, 1.165) is 113 Å². The van der Waals surface area contributed by atoms with Crippen LogP contribution in [-0.4, -0.2) is 134 Å². The van der Waals surface area contributed by atoms with Gasteiger partial charge < -0.3 is 65.9 Å². The van der Waals surface area contributed by atoms with Gasteiger partial charge in [0, 0.05) is 117 Å². The van der Waals surface area contributed by atoms with Crippen LogP contribution >= 0.6 is 69.6 Å². The number of aromatic nitrogens is 14. The number of rotatable bonds is 20. The Balaban J connectivity index is 0.000000150. The second-order valence-corrected chi connectivity index (χ2v) is 22.9. The van der Waals surface area contributed by atoms with Crippen molar-refractivity contribution in [2.24, 2.45) is 14.1 Å². The van der Waals surface area contributed by atoms with E-state index >= 15 is 0 Å². The molecule has 1 saturated heterocycles. The Hall–Kier alpha value is -9.74. The average Bonchev–Trinajstić information content (AvgIpc) is 2.05. The third-order valence-electron chi connectivity index (χ3n) is 13.3. The van der Waals surface area contributed by atoms with Crippen molar-refractivity contribution >= 4 is 139 Å². The topological polar surface area (TPSA) is 309 Å². The molecule has 0 spiro atoms. The van der Waals surface area contributed by atoms with Gasteiger partial charge in [0.2, 0.25) is 0 Å². The molecule has 6 aromatic carbocycles. The summed E-state index contributed by atoms with van der Waals surface area (Å²) >= 11 is 35.5. The lowest BCUT2D eigenvalue weighted by Gasteiger charge is -2.26. The molecule has 0 bridgehead atoms. The molecule has 0 atom stereocenters. The fraction of sp³-hybridized carbons (Fsp3) is 0.200. The summed E-state index contributed by atoms with van der Waals surface area (Å²) in [6, 6.07) is 38.7. The highest BCUT2D eigenvalue weighted by Crippen LogP contribution is 2.33. The number of imidazole rings is 2. The monoisotopic (exact) mass is 1440 g/mol. The third-order valence-corrected chi connectivity index (χ3v) is 15.0. The molecule has 97 heavy (non-hydrogen) atoms. The lowest BCUT2D eigenvalue weighted by Crippen LogP contribution is -2.38. The SMILES string of the molecule is CCc1cc(Nc2ccn[nH]2)ccc1Cl.COc1cc(Cl)ccc1Nc1cnn(C)n1.COc1cc(Nc2ccn[nH]2)ccc1Cl.Clc1cccc(Nc2cnc[nH]2)c1.Cn1cc(Nc2ccc(Cl)cc2OCCN2CCOCC2)nn1.OCc1cc(Cl)ccc1Nc1cnc[nH]1. The minimum absolute atomic E-state index is 0.0585. The molecule has 6 aromatic heterocycles. The predicted octanol–water partition coefficient (Wildman–Crippen LogP) is 15.4. The smallest absolute Gasteiger partial charge is 0.173 e. The van der Waals surface area contributed by atoms with Crippen molar-refractivity contribution in [2.75, 3.05) is 85.6 Å². The Kier molecular flexibility index (Phi) is 29.2. The van der Waals surface area contributed by atoms with Crippen LogP contribution in [-0.2, 0) is 31.9 Å². The molecule has 12 aromatic rings. The highest BCUT2D eigenvalue weighted by molar-refractivity contribution is 6.33. The van der Waals surface area contributed by atoms with Crippen molar-refractivity contribution in [2.45, 2.75) is 20.0 Å². The van der Waals surface area contributed by atoms with Gasteiger partial charge in [-0.15, -0.1) is 10.2 Å². The molecule has 7 heterocycles. The Morgan fingerprint density at radius 2 is 1.13 bits per heavy atom. The minimum atomic E-state index is -0.0585. The summed E-state index contributed by atoms with van der Waals surface area (Å²) in [4.78, 5) is 17.4. The summed E-state index contributed by atoms with van der Waals surface area (Å²) in [6.07, 6.45) is 14.3. The Bertz CT molecular complexity index is 4150. The number of aliphatic hydroxyl groups excluding tert-OH is 1. The van der Waals surface area contributed by atoms with Crippen LogP contribution in [0.3, 0.4) is 0 Å². The van der Waals surface area contributed by atoms with Gasteiger partial charge in [0.25, 0.3) is 0 Å². The predicted molar refractivity (Wildman–Crippen MR) is 386 cm³/mol. The van der Waals surface area contributed by atoms with Crippen LogP contribution in [0.4, 0.5) is 69.0 Å². The maximum atomic E-state index is 9.15. The first-order valence-corrected chi connectivity index (χ1v) is 32.0.